The first-order valence-electron chi connectivity index (χ1n) is 5.44. The van der Waals surface area contributed by atoms with Crippen LogP contribution in [-0.4, -0.2) is 11.0 Å². The summed E-state index contributed by atoms with van der Waals surface area (Å²) in [5, 5.41) is 4.39. The second-order valence-electron chi connectivity index (χ2n) is 3.88. The van der Waals surface area contributed by atoms with E-state index < -0.39 is 0 Å². The van der Waals surface area contributed by atoms with Gasteiger partial charge in [0, 0.05) is 22.6 Å². The molecule has 0 amide bonds. The molecule has 2 aromatic rings. The van der Waals surface area contributed by atoms with Crippen LogP contribution in [0, 0.1) is 12.3 Å². The molecule has 1 aromatic carbocycles. The molecule has 0 aliphatic carbocycles. The lowest BCUT2D eigenvalue weighted by molar-refractivity contribution is 0.650. The Hall–Kier alpha value is -1.37. The fourth-order valence-corrected chi connectivity index (χ4v) is 2.11. The minimum atomic E-state index is 0.0670. The first-order chi connectivity index (χ1) is 8.22. The van der Waals surface area contributed by atoms with E-state index in [2.05, 4.69) is 44.3 Å². The van der Waals surface area contributed by atoms with Crippen LogP contribution in [0.3, 0.4) is 0 Å². The van der Waals surface area contributed by atoms with Crippen molar-refractivity contribution in [3.8, 4) is 12.3 Å². The summed E-state index contributed by atoms with van der Waals surface area (Å²) < 4.78 is 1.06. The maximum Gasteiger partial charge on any atom is 0.0758 e. The number of fused-ring (bicyclic) bond motifs is 1. The summed E-state index contributed by atoms with van der Waals surface area (Å²) in [6.07, 6.45) is 7.15. The summed E-state index contributed by atoms with van der Waals surface area (Å²) in [4.78, 5) is 4.42. The summed E-state index contributed by atoms with van der Waals surface area (Å²) in [5.74, 6) is 2.65. The normalized spacial score (nSPS) is 12.3. The van der Waals surface area contributed by atoms with Gasteiger partial charge in [-0.1, -0.05) is 34.0 Å². The number of pyridine rings is 1. The number of benzene rings is 1. The molecule has 0 bridgehead atoms. The van der Waals surface area contributed by atoms with Gasteiger partial charge in [-0.25, -0.2) is 0 Å². The van der Waals surface area contributed by atoms with Crippen molar-refractivity contribution in [1.29, 1.82) is 0 Å². The fourth-order valence-electron chi connectivity index (χ4n) is 1.66. The zero-order valence-corrected chi connectivity index (χ0v) is 11.2. The standard InChI is InChI=1S/C14H13BrN2/c1-3-10(2)17-9-11-6-7-13(15)12-5-4-8-16-14(11)12/h1,4-8,10,17H,9H2,2H3. The van der Waals surface area contributed by atoms with E-state index in [9.17, 15) is 0 Å². The Bertz CT molecular complexity index is 572. The van der Waals surface area contributed by atoms with Crippen LogP contribution in [-0.2, 0) is 6.54 Å². The van der Waals surface area contributed by atoms with Gasteiger partial charge in [-0.15, -0.1) is 6.42 Å². The Morgan fingerprint density at radius 1 is 1.47 bits per heavy atom. The Morgan fingerprint density at radius 3 is 3.06 bits per heavy atom. The minimum absolute atomic E-state index is 0.0670. The topological polar surface area (TPSA) is 24.9 Å². The molecule has 1 atom stereocenters. The zero-order chi connectivity index (χ0) is 12.3. The van der Waals surface area contributed by atoms with Gasteiger partial charge in [-0.3, -0.25) is 10.3 Å². The van der Waals surface area contributed by atoms with Crippen LogP contribution in [0.25, 0.3) is 10.9 Å². The van der Waals surface area contributed by atoms with Crippen LogP contribution >= 0.6 is 15.9 Å². The van der Waals surface area contributed by atoms with Crippen molar-refractivity contribution in [2.75, 3.05) is 0 Å². The predicted octanol–water partition coefficient (Wildman–Crippen LogP) is 3.11. The highest BCUT2D eigenvalue weighted by atomic mass is 79.9. The number of hydrogen-bond donors (Lipinski definition) is 1. The van der Waals surface area contributed by atoms with E-state index in [0.717, 1.165) is 27.5 Å². The number of nitrogens with zero attached hydrogens (tertiary/aromatic N) is 1. The van der Waals surface area contributed by atoms with Crippen LogP contribution in [0.15, 0.2) is 34.9 Å². The Balaban J connectivity index is 2.36. The van der Waals surface area contributed by atoms with Crippen LogP contribution in [0.1, 0.15) is 12.5 Å². The second-order valence-corrected chi connectivity index (χ2v) is 4.73. The molecule has 0 fully saturated rings. The number of hydrogen-bond acceptors (Lipinski definition) is 2. The fraction of sp³-hybridized carbons (Fsp3) is 0.214. The van der Waals surface area contributed by atoms with Gasteiger partial charge in [0.2, 0.25) is 0 Å². The van der Waals surface area contributed by atoms with Gasteiger partial charge in [0.15, 0.2) is 0 Å². The van der Waals surface area contributed by atoms with Crippen molar-refractivity contribution in [1.82, 2.24) is 10.3 Å². The molecule has 1 N–H and O–H groups in total. The van der Waals surface area contributed by atoms with Crippen LogP contribution in [0.4, 0.5) is 0 Å². The molecule has 0 saturated heterocycles. The molecule has 17 heavy (non-hydrogen) atoms. The zero-order valence-electron chi connectivity index (χ0n) is 9.57. The van der Waals surface area contributed by atoms with Crippen molar-refractivity contribution in [2.45, 2.75) is 19.5 Å². The monoisotopic (exact) mass is 288 g/mol. The third-order valence-electron chi connectivity index (χ3n) is 2.65. The molecule has 2 rings (SSSR count). The average molecular weight is 289 g/mol. The van der Waals surface area contributed by atoms with Gasteiger partial charge in [0.05, 0.1) is 11.6 Å². The first-order valence-corrected chi connectivity index (χ1v) is 6.23. The summed E-state index contributed by atoms with van der Waals surface area (Å²) in [7, 11) is 0. The highest BCUT2D eigenvalue weighted by Crippen LogP contribution is 2.25. The first kappa shape index (κ1) is 12.1. The Morgan fingerprint density at radius 2 is 2.29 bits per heavy atom. The summed E-state index contributed by atoms with van der Waals surface area (Å²) in [6, 6.07) is 8.17. The number of halogens is 1. The lowest BCUT2D eigenvalue weighted by Gasteiger charge is -2.10. The van der Waals surface area contributed by atoms with Gasteiger partial charge >= 0.3 is 0 Å². The van der Waals surface area contributed by atoms with E-state index >= 15 is 0 Å². The summed E-state index contributed by atoms with van der Waals surface area (Å²) in [6.45, 7) is 2.70. The van der Waals surface area contributed by atoms with E-state index in [1.54, 1.807) is 0 Å². The maximum atomic E-state index is 5.34. The van der Waals surface area contributed by atoms with E-state index in [1.165, 1.54) is 0 Å². The Kier molecular flexibility index (Phi) is 3.78. The highest BCUT2D eigenvalue weighted by Gasteiger charge is 2.05. The van der Waals surface area contributed by atoms with E-state index in [-0.39, 0.29) is 6.04 Å². The molecule has 1 heterocycles. The smallest absolute Gasteiger partial charge is 0.0758 e. The molecule has 86 valence electrons. The van der Waals surface area contributed by atoms with Crippen molar-refractivity contribution in [2.24, 2.45) is 0 Å². The number of aromatic nitrogens is 1. The minimum Gasteiger partial charge on any atom is -0.300 e. The van der Waals surface area contributed by atoms with Gasteiger partial charge in [-0.2, -0.15) is 0 Å². The van der Waals surface area contributed by atoms with Crippen molar-refractivity contribution < 1.29 is 0 Å². The van der Waals surface area contributed by atoms with Crippen LogP contribution in [0.2, 0.25) is 0 Å². The largest absolute Gasteiger partial charge is 0.300 e. The van der Waals surface area contributed by atoms with Crippen molar-refractivity contribution in [3.63, 3.8) is 0 Å². The molecular weight excluding hydrogens is 276 g/mol. The van der Waals surface area contributed by atoms with Gasteiger partial charge in [0.1, 0.15) is 0 Å². The van der Waals surface area contributed by atoms with Crippen molar-refractivity contribution >= 4 is 26.8 Å². The average Bonchev–Trinajstić information content (AvgIpc) is 2.38. The summed E-state index contributed by atoms with van der Waals surface area (Å²) in [5.41, 5.74) is 2.17. The molecule has 0 spiro atoms. The van der Waals surface area contributed by atoms with E-state index in [0.29, 0.717) is 0 Å². The molecule has 1 unspecified atom stereocenters. The lowest BCUT2D eigenvalue weighted by atomic mass is 10.1. The van der Waals surface area contributed by atoms with E-state index in [4.69, 9.17) is 6.42 Å². The molecule has 1 aromatic heterocycles. The number of terminal acetylenes is 1. The molecular formula is C14H13BrN2. The van der Waals surface area contributed by atoms with Gasteiger partial charge in [0.25, 0.3) is 0 Å². The SMILES string of the molecule is C#CC(C)NCc1ccc(Br)c2cccnc12. The molecule has 0 aliphatic heterocycles. The van der Waals surface area contributed by atoms with Crippen LogP contribution in [0.5, 0.6) is 0 Å². The highest BCUT2D eigenvalue weighted by molar-refractivity contribution is 9.10. The number of nitrogens with one attached hydrogen (secondary N) is 1. The molecule has 0 saturated carbocycles. The van der Waals surface area contributed by atoms with E-state index in [1.807, 2.05) is 25.3 Å². The van der Waals surface area contributed by atoms with Gasteiger partial charge < -0.3 is 0 Å². The molecule has 0 aliphatic rings. The molecule has 0 radical (unpaired) electrons. The second kappa shape index (κ2) is 5.31. The maximum absolute atomic E-state index is 5.34. The third kappa shape index (κ3) is 2.66. The molecule has 3 heteroatoms. The quantitative estimate of drug-likeness (QED) is 0.878. The summed E-state index contributed by atoms with van der Waals surface area (Å²) >= 11 is 3.53. The lowest BCUT2D eigenvalue weighted by Crippen LogP contribution is -2.23. The third-order valence-corrected chi connectivity index (χ3v) is 3.34. The molecule has 2 nitrogen and oxygen atoms in total. The van der Waals surface area contributed by atoms with Crippen LogP contribution < -0.4 is 5.32 Å². The van der Waals surface area contributed by atoms with Crippen molar-refractivity contribution in [3.05, 3.63) is 40.5 Å². The number of rotatable bonds is 3. The predicted molar refractivity (Wildman–Crippen MR) is 74.6 cm³/mol. The van der Waals surface area contributed by atoms with Gasteiger partial charge in [-0.05, 0) is 24.6 Å². The Labute approximate surface area is 110 Å².